The highest BCUT2D eigenvalue weighted by atomic mass is 16.2. The Labute approximate surface area is 175 Å². The van der Waals surface area contributed by atoms with Gasteiger partial charge in [0.15, 0.2) is 11.5 Å². The van der Waals surface area contributed by atoms with E-state index in [1.54, 1.807) is 4.90 Å². The zero-order chi connectivity index (χ0) is 20.2. The van der Waals surface area contributed by atoms with Crippen molar-refractivity contribution < 1.29 is 4.79 Å². The van der Waals surface area contributed by atoms with E-state index in [0.717, 1.165) is 41.6 Å². The van der Waals surface area contributed by atoms with Crippen LogP contribution in [-0.2, 0) is 6.54 Å². The van der Waals surface area contributed by atoms with E-state index in [1.807, 2.05) is 43.4 Å². The number of hydrogen-bond acceptors (Lipinski definition) is 4. The fraction of sp³-hybridized carbons (Fsp3) is 0.292. The number of guanidine groups is 1. The second-order valence-electron chi connectivity index (χ2n) is 8.27. The van der Waals surface area contributed by atoms with Crippen LogP contribution < -0.4 is 4.90 Å². The van der Waals surface area contributed by atoms with Crippen LogP contribution in [0.4, 0.5) is 5.82 Å². The Balaban J connectivity index is 1.57. The lowest BCUT2D eigenvalue weighted by molar-refractivity contribution is 0.0855. The standard InChI is InChI=1S/C24H23N5O/c1-27-23(30)20-22(29-19-14-8-13-18(19)25-24(27)29)26-21(17-11-6-3-7-12-17)28(20)15-16-9-4-2-5-10-16/h2-7,9-12,18-19H,8,13-15H2,1H3/t18-,19+/m0/s1. The van der Waals surface area contributed by atoms with Gasteiger partial charge in [-0.25, -0.2) is 9.98 Å². The molecule has 0 N–H and O–H groups in total. The highest BCUT2D eigenvalue weighted by Gasteiger charge is 2.49. The van der Waals surface area contributed by atoms with E-state index in [9.17, 15) is 4.79 Å². The quantitative estimate of drug-likeness (QED) is 0.676. The van der Waals surface area contributed by atoms with Gasteiger partial charge in [0, 0.05) is 19.2 Å². The lowest BCUT2D eigenvalue weighted by atomic mass is 10.1. The van der Waals surface area contributed by atoms with Crippen LogP contribution in [0.3, 0.4) is 0 Å². The molecule has 0 unspecified atom stereocenters. The maximum atomic E-state index is 13.5. The Hall–Kier alpha value is -3.41. The minimum Gasteiger partial charge on any atom is -0.314 e. The number of carbonyl (C=O) groups is 1. The highest BCUT2D eigenvalue weighted by Crippen LogP contribution is 2.41. The Bertz CT molecular complexity index is 1150. The van der Waals surface area contributed by atoms with Gasteiger partial charge in [-0.1, -0.05) is 60.7 Å². The maximum Gasteiger partial charge on any atom is 0.280 e. The van der Waals surface area contributed by atoms with Crippen LogP contribution in [0.25, 0.3) is 11.4 Å². The van der Waals surface area contributed by atoms with Gasteiger partial charge >= 0.3 is 0 Å². The monoisotopic (exact) mass is 397 g/mol. The van der Waals surface area contributed by atoms with Crippen LogP contribution in [0.5, 0.6) is 0 Å². The molecule has 1 amide bonds. The minimum absolute atomic E-state index is 0.0365. The number of rotatable bonds is 3. The molecule has 2 aromatic carbocycles. The summed E-state index contributed by atoms with van der Waals surface area (Å²) in [6.45, 7) is 0.599. The molecule has 1 aliphatic carbocycles. The van der Waals surface area contributed by atoms with Gasteiger partial charge in [-0.05, 0) is 24.8 Å². The average molecular weight is 397 g/mol. The van der Waals surface area contributed by atoms with Gasteiger partial charge in [0.25, 0.3) is 5.91 Å². The molecule has 3 aromatic rings. The lowest BCUT2D eigenvalue weighted by Gasteiger charge is -2.34. The first-order valence-corrected chi connectivity index (χ1v) is 10.6. The number of amides is 1. The van der Waals surface area contributed by atoms with Crippen molar-refractivity contribution in [1.29, 1.82) is 0 Å². The number of aliphatic imine (C=N–C) groups is 1. The lowest BCUT2D eigenvalue weighted by Crippen LogP contribution is -2.51. The zero-order valence-electron chi connectivity index (χ0n) is 16.9. The summed E-state index contributed by atoms with van der Waals surface area (Å²) in [5.41, 5.74) is 2.82. The van der Waals surface area contributed by atoms with Gasteiger partial charge in [-0.15, -0.1) is 0 Å². The van der Waals surface area contributed by atoms with Crippen LogP contribution in [0.15, 0.2) is 65.7 Å². The predicted molar refractivity (Wildman–Crippen MR) is 117 cm³/mol. The second-order valence-corrected chi connectivity index (χ2v) is 8.27. The molecule has 1 saturated carbocycles. The SMILES string of the molecule is CN1C(=O)c2c(nc(-c3ccccc3)n2Cc2ccccc2)N2C1=N[C@H]1CCC[C@H]12. The first kappa shape index (κ1) is 17.4. The molecule has 2 atom stereocenters. The summed E-state index contributed by atoms with van der Waals surface area (Å²) in [4.78, 5) is 27.4. The average Bonchev–Trinajstić information content (AvgIpc) is 3.47. The summed E-state index contributed by atoms with van der Waals surface area (Å²) in [6, 6.07) is 21.0. The van der Waals surface area contributed by atoms with Crippen molar-refractivity contribution in [3.05, 3.63) is 71.9 Å². The molecule has 3 heterocycles. The van der Waals surface area contributed by atoms with Crippen molar-refractivity contribution in [3.63, 3.8) is 0 Å². The maximum absolute atomic E-state index is 13.5. The predicted octanol–water partition coefficient (Wildman–Crippen LogP) is 3.78. The number of imidazole rings is 1. The third kappa shape index (κ3) is 2.46. The zero-order valence-corrected chi connectivity index (χ0v) is 16.9. The van der Waals surface area contributed by atoms with Crippen molar-refractivity contribution >= 4 is 17.7 Å². The molecule has 6 rings (SSSR count). The molecule has 6 nitrogen and oxygen atoms in total. The summed E-state index contributed by atoms with van der Waals surface area (Å²) >= 11 is 0. The van der Waals surface area contributed by atoms with Gasteiger partial charge in [0.2, 0.25) is 5.96 Å². The molecule has 30 heavy (non-hydrogen) atoms. The van der Waals surface area contributed by atoms with Gasteiger partial charge < -0.3 is 4.57 Å². The smallest absolute Gasteiger partial charge is 0.280 e. The number of nitrogens with zero attached hydrogens (tertiary/aromatic N) is 5. The summed E-state index contributed by atoms with van der Waals surface area (Å²) in [7, 11) is 1.83. The summed E-state index contributed by atoms with van der Waals surface area (Å²) in [5.74, 6) is 2.31. The van der Waals surface area contributed by atoms with Crippen LogP contribution >= 0.6 is 0 Å². The van der Waals surface area contributed by atoms with Gasteiger partial charge in [0.1, 0.15) is 5.82 Å². The van der Waals surface area contributed by atoms with Crippen molar-refractivity contribution in [2.45, 2.75) is 37.9 Å². The number of fused-ring (bicyclic) bond motifs is 5. The van der Waals surface area contributed by atoms with Crippen LogP contribution in [0, 0.1) is 0 Å². The van der Waals surface area contributed by atoms with E-state index in [-0.39, 0.29) is 11.9 Å². The fourth-order valence-electron chi connectivity index (χ4n) is 5.03. The van der Waals surface area contributed by atoms with Crippen LogP contribution in [0.2, 0.25) is 0 Å². The van der Waals surface area contributed by atoms with Crippen molar-refractivity contribution in [3.8, 4) is 11.4 Å². The summed E-state index contributed by atoms with van der Waals surface area (Å²) in [6.07, 6.45) is 3.34. The van der Waals surface area contributed by atoms with E-state index >= 15 is 0 Å². The molecule has 0 spiro atoms. The summed E-state index contributed by atoms with van der Waals surface area (Å²) in [5, 5.41) is 0. The fourth-order valence-corrected chi connectivity index (χ4v) is 5.03. The van der Waals surface area contributed by atoms with Gasteiger partial charge in [0.05, 0.1) is 12.1 Å². The molecule has 2 aliphatic heterocycles. The molecular weight excluding hydrogens is 374 g/mol. The Morgan fingerprint density at radius 3 is 2.50 bits per heavy atom. The van der Waals surface area contributed by atoms with Crippen molar-refractivity contribution in [1.82, 2.24) is 14.5 Å². The first-order chi connectivity index (χ1) is 14.7. The molecular formula is C24H23N5O. The Morgan fingerprint density at radius 2 is 1.73 bits per heavy atom. The molecule has 0 saturated heterocycles. The van der Waals surface area contributed by atoms with Gasteiger partial charge in [-0.2, -0.15) is 0 Å². The van der Waals surface area contributed by atoms with Crippen molar-refractivity contribution in [2.24, 2.45) is 4.99 Å². The van der Waals surface area contributed by atoms with Crippen LogP contribution in [-0.4, -0.2) is 45.4 Å². The normalized spacial score (nSPS) is 22.0. The summed E-state index contributed by atoms with van der Waals surface area (Å²) < 4.78 is 2.08. The third-order valence-electron chi connectivity index (χ3n) is 6.47. The van der Waals surface area contributed by atoms with E-state index < -0.39 is 0 Å². The second kappa shape index (κ2) is 6.55. The first-order valence-electron chi connectivity index (χ1n) is 10.6. The third-order valence-corrected chi connectivity index (χ3v) is 6.47. The molecule has 0 bridgehead atoms. The highest BCUT2D eigenvalue weighted by molar-refractivity contribution is 6.18. The van der Waals surface area contributed by atoms with Crippen LogP contribution in [0.1, 0.15) is 35.3 Å². The topological polar surface area (TPSA) is 53.7 Å². The number of carbonyl (C=O) groups excluding carboxylic acids is 1. The van der Waals surface area contributed by atoms with Crippen molar-refractivity contribution in [2.75, 3.05) is 11.9 Å². The number of aromatic nitrogens is 2. The van der Waals surface area contributed by atoms with E-state index in [0.29, 0.717) is 18.3 Å². The van der Waals surface area contributed by atoms with E-state index in [1.165, 1.54) is 6.42 Å². The van der Waals surface area contributed by atoms with Gasteiger partial charge in [-0.3, -0.25) is 14.6 Å². The Kier molecular flexibility index (Phi) is 3.81. The number of hydrogen-bond donors (Lipinski definition) is 0. The molecule has 1 fully saturated rings. The number of anilines is 1. The Morgan fingerprint density at radius 1 is 1.00 bits per heavy atom. The molecule has 1 aromatic heterocycles. The largest absolute Gasteiger partial charge is 0.314 e. The molecule has 6 heteroatoms. The minimum atomic E-state index is -0.0365. The molecule has 3 aliphatic rings. The number of benzene rings is 2. The van der Waals surface area contributed by atoms with E-state index in [4.69, 9.17) is 9.98 Å². The molecule has 0 radical (unpaired) electrons. The van der Waals surface area contributed by atoms with E-state index in [2.05, 4.69) is 33.7 Å². The molecule has 150 valence electrons.